The van der Waals surface area contributed by atoms with E-state index in [-0.39, 0.29) is 11.7 Å². The Morgan fingerprint density at radius 1 is 1.24 bits per heavy atom. The Kier molecular flexibility index (Phi) is 4.03. The minimum atomic E-state index is -3.19. The average Bonchev–Trinajstić information content (AvgIpc) is 3.22. The Labute approximate surface area is 127 Å². The lowest BCUT2D eigenvalue weighted by atomic mass is 9.79. The van der Waals surface area contributed by atoms with Gasteiger partial charge in [-0.15, -0.1) is 0 Å². The fourth-order valence-corrected chi connectivity index (χ4v) is 5.40. The molecule has 21 heavy (non-hydrogen) atoms. The van der Waals surface area contributed by atoms with Crippen molar-refractivity contribution >= 4 is 15.9 Å². The highest BCUT2D eigenvalue weighted by molar-refractivity contribution is 7.89. The molecule has 0 aromatic rings. The van der Waals surface area contributed by atoms with Crippen LogP contribution in [0.3, 0.4) is 0 Å². The average molecular weight is 314 g/mol. The Morgan fingerprint density at radius 3 is 2.67 bits per heavy atom. The first-order chi connectivity index (χ1) is 9.97. The van der Waals surface area contributed by atoms with Gasteiger partial charge in [-0.1, -0.05) is 6.92 Å². The second-order valence-corrected chi connectivity index (χ2v) is 9.07. The molecule has 2 aliphatic heterocycles. The standard InChI is InChI=1S/C15H26N2O3S/c1-2-10-21(19,20)17-8-3-6-15(12-17)7-9-16(14(15)18)11-13-4-5-13/h13H,2-12H2,1H3/t15-/m1/s1. The van der Waals surface area contributed by atoms with Crippen molar-refractivity contribution in [2.45, 2.75) is 45.4 Å². The minimum Gasteiger partial charge on any atom is -0.342 e. The van der Waals surface area contributed by atoms with Crippen LogP contribution in [0.25, 0.3) is 0 Å². The molecule has 0 aromatic heterocycles. The Morgan fingerprint density at radius 2 is 2.00 bits per heavy atom. The van der Waals surface area contributed by atoms with Gasteiger partial charge in [-0.05, 0) is 44.4 Å². The summed E-state index contributed by atoms with van der Waals surface area (Å²) in [5, 5.41) is 0. The molecular weight excluding hydrogens is 288 g/mol. The predicted octanol–water partition coefficient (Wildman–Crippen LogP) is 1.45. The van der Waals surface area contributed by atoms with E-state index in [0.717, 1.165) is 32.4 Å². The predicted molar refractivity (Wildman–Crippen MR) is 81.2 cm³/mol. The fourth-order valence-electron chi connectivity index (χ4n) is 3.77. The molecule has 2 saturated heterocycles. The molecule has 3 rings (SSSR count). The third kappa shape index (κ3) is 2.97. The molecule has 1 spiro atoms. The second kappa shape index (κ2) is 5.54. The number of likely N-dealkylation sites (tertiary alicyclic amines) is 1. The summed E-state index contributed by atoms with van der Waals surface area (Å²) in [6.07, 6.45) is 5.61. The van der Waals surface area contributed by atoms with Gasteiger partial charge >= 0.3 is 0 Å². The number of hydrogen-bond donors (Lipinski definition) is 0. The van der Waals surface area contributed by atoms with Gasteiger partial charge in [0.25, 0.3) is 0 Å². The second-order valence-electron chi connectivity index (χ2n) is 6.98. The molecule has 0 N–H and O–H groups in total. The van der Waals surface area contributed by atoms with Crippen molar-refractivity contribution in [1.29, 1.82) is 0 Å². The molecule has 0 unspecified atom stereocenters. The maximum absolute atomic E-state index is 12.8. The third-order valence-corrected chi connectivity index (χ3v) is 7.20. The van der Waals surface area contributed by atoms with Crippen LogP contribution in [-0.4, -0.2) is 55.5 Å². The number of sulfonamides is 1. The summed E-state index contributed by atoms with van der Waals surface area (Å²) in [4.78, 5) is 14.8. The molecule has 3 aliphatic rings. The van der Waals surface area contributed by atoms with Gasteiger partial charge in [-0.2, -0.15) is 0 Å². The number of amides is 1. The van der Waals surface area contributed by atoms with Crippen LogP contribution in [0.4, 0.5) is 0 Å². The summed E-state index contributed by atoms with van der Waals surface area (Å²) in [5.74, 6) is 1.11. The molecule has 1 aliphatic carbocycles. The first-order valence-electron chi connectivity index (χ1n) is 8.24. The molecule has 1 amide bonds. The van der Waals surface area contributed by atoms with Crippen LogP contribution in [0.5, 0.6) is 0 Å². The molecule has 6 heteroatoms. The molecular formula is C15H26N2O3S. The fraction of sp³-hybridized carbons (Fsp3) is 0.933. The van der Waals surface area contributed by atoms with E-state index < -0.39 is 15.4 Å². The van der Waals surface area contributed by atoms with Crippen LogP contribution in [0.2, 0.25) is 0 Å². The van der Waals surface area contributed by atoms with Crippen LogP contribution in [0.1, 0.15) is 45.4 Å². The molecule has 120 valence electrons. The first kappa shape index (κ1) is 15.3. The lowest BCUT2D eigenvalue weighted by Crippen LogP contribution is -2.50. The number of hydrogen-bond acceptors (Lipinski definition) is 3. The van der Waals surface area contributed by atoms with E-state index in [0.29, 0.717) is 25.4 Å². The summed E-state index contributed by atoms with van der Waals surface area (Å²) in [6, 6.07) is 0. The monoisotopic (exact) mass is 314 g/mol. The molecule has 0 aromatic carbocycles. The van der Waals surface area contributed by atoms with E-state index >= 15 is 0 Å². The maximum Gasteiger partial charge on any atom is 0.230 e. The van der Waals surface area contributed by atoms with Crippen LogP contribution in [0, 0.1) is 11.3 Å². The number of rotatable bonds is 5. The van der Waals surface area contributed by atoms with Crippen molar-refractivity contribution in [1.82, 2.24) is 9.21 Å². The summed E-state index contributed by atoms with van der Waals surface area (Å²) in [6.45, 7) is 4.59. The van der Waals surface area contributed by atoms with Gasteiger partial charge in [0.05, 0.1) is 11.2 Å². The molecule has 1 saturated carbocycles. The van der Waals surface area contributed by atoms with E-state index in [1.165, 1.54) is 12.8 Å². The Balaban J connectivity index is 1.71. The summed E-state index contributed by atoms with van der Waals surface area (Å²) in [5.41, 5.74) is -0.423. The van der Waals surface area contributed by atoms with Gasteiger partial charge < -0.3 is 4.90 Å². The third-order valence-electron chi connectivity index (χ3n) is 5.17. The van der Waals surface area contributed by atoms with Gasteiger partial charge in [-0.3, -0.25) is 4.79 Å². The molecule has 3 fully saturated rings. The largest absolute Gasteiger partial charge is 0.342 e. The smallest absolute Gasteiger partial charge is 0.230 e. The number of piperidine rings is 1. The zero-order chi connectivity index (χ0) is 15.1. The molecule has 2 heterocycles. The normalized spacial score (nSPS) is 31.3. The van der Waals surface area contributed by atoms with Crippen LogP contribution < -0.4 is 0 Å². The number of carbonyl (C=O) groups excluding carboxylic acids is 1. The highest BCUT2D eigenvalue weighted by atomic mass is 32.2. The van der Waals surface area contributed by atoms with E-state index in [2.05, 4.69) is 0 Å². The van der Waals surface area contributed by atoms with Crippen molar-refractivity contribution in [3.05, 3.63) is 0 Å². The van der Waals surface area contributed by atoms with Crippen molar-refractivity contribution in [3.63, 3.8) is 0 Å². The van der Waals surface area contributed by atoms with Crippen molar-refractivity contribution in [2.75, 3.05) is 31.9 Å². The summed E-state index contributed by atoms with van der Waals surface area (Å²) < 4.78 is 26.2. The van der Waals surface area contributed by atoms with E-state index in [9.17, 15) is 13.2 Å². The molecule has 1 atom stereocenters. The molecule has 5 nitrogen and oxygen atoms in total. The van der Waals surface area contributed by atoms with Crippen molar-refractivity contribution < 1.29 is 13.2 Å². The van der Waals surface area contributed by atoms with Crippen LogP contribution in [0.15, 0.2) is 0 Å². The van der Waals surface area contributed by atoms with Gasteiger partial charge in [0.15, 0.2) is 0 Å². The lowest BCUT2D eigenvalue weighted by molar-refractivity contribution is -0.138. The SMILES string of the molecule is CCCS(=O)(=O)N1CCC[C@@]2(CCN(CC3CC3)C2=O)C1. The number of carbonyl (C=O) groups is 1. The van der Waals surface area contributed by atoms with Gasteiger partial charge in [-0.25, -0.2) is 12.7 Å². The summed E-state index contributed by atoms with van der Waals surface area (Å²) in [7, 11) is -3.19. The molecule has 0 bridgehead atoms. The van der Waals surface area contributed by atoms with Crippen molar-refractivity contribution in [3.8, 4) is 0 Å². The van der Waals surface area contributed by atoms with Crippen LogP contribution in [-0.2, 0) is 14.8 Å². The first-order valence-corrected chi connectivity index (χ1v) is 9.85. The Bertz CT molecular complexity index is 515. The van der Waals surface area contributed by atoms with Gasteiger partial charge in [0.2, 0.25) is 15.9 Å². The highest BCUT2D eigenvalue weighted by Gasteiger charge is 2.51. The maximum atomic E-state index is 12.8. The summed E-state index contributed by atoms with van der Waals surface area (Å²) >= 11 is 0. The van der Waals surface area contributed by atoms with Gasteiger partial charge in [0, 0.05) is 26.2 Å². The molecule has 0 radical (unpaired) electrons. The van der Waals surface area contributed by atoms with E-state index in [1.807, 2.05) is 11.8 Å². The van der Waals surface area contributed by atoms with E-state index in [1.54, 1.807) is 4.31 Å². The topological polar surface area (TPSA) is 57.7 Å². The highest BCUT2D eigenvalue weighted by Crippen LogP contribution is 2.42. The quantitative estimate of drug-likeness (QED) is 0.772. The number of nitrogens with zero attached hydrogens (tertiary/aromatic N) is 2. The van der Waals surface area contributed by atoms with Crippen molar-refractivity contribution in [2.24, 2.45) is 11.3 Å². The van der Waals surface area contributed by atoms with Crippen LogP contribution >= 0.6 is 0 Å². The lowest BCUT2D eigenvalue weighted by Gasteiger charge is -2.38. The zero-order valence-electron chi connectivity index (χ0n) is 12.9. The minimum absolute atomic E-state index is 0.197. The van der Waals surface area contributed by atoms with Gasteiger partial charge in [0.1, 0.15) is 0 Å². The van der Waals surface area contributed by atoms with E-state index in [4.69, 9.17) is 0 Å². The Hall–Kier alpha value is -0.620. The zero-order valence-corrected chi connectivity index (χ0v) is 13.7.